The van der Waals surface area contributed by atoms with E-state index in [-0.39, 0.29) is 18.2 Å². The molecule has 0 aliphatic heterocycles. The lowest BCUT2D eigenvalue weighted by molar-refractivity contribution is -0.137. The van der Waals surface area contributed by atoms with Gasteiger partial charge < -0.3 is 10.4 Å². The first-order valence-electron chi connectivity index (χ1n) is 6.35. The number of aliphatic carboxylic acids is 1. The highest BCUT2D eigenvalue weighted by atomic mass is 16.4. The van der Waals surface area contributed by atoms with Crippen LogP contribution >= 0.6 is 0 Å². The van der Waals surface area contributed by atoms with Crippen LogP contribution in [0.3, 0.4) is 0 Å². The van der Waals surface area contributed by atoms with Crippen molar-refractivity contribution in [2.24, 2.45) is 5.41 Å². The minimum absolute atomic E-state index is 0.00837. The fraction of sp³-hybridized carbons (Fsp3) is 0.467. The second-order valence-corrected chi connectivity index (χ2v) is 5.67. The summed E-state index contributed by atoms with van der Waals surface area (Å²) < 4.78 is 0. The van der Waals surface area contributed by atoms with Gasteiger partial charge >= 0.3 is 5.97 Å². The highest BCUT2D eigenvalue weighted by molar-refractivity contribution is 5.81. The maximum Gasteiger partial charge on any atom is 0.304 e. The number of rotatable bonds is 5. The monoisotopic (exact) mass is 263 g/mol. The molecule has 0 radical (unpaired) electrons. The molecular weight excluding hydrogens is 242 g/mol. The first-order valence-corrected chi connectivity index (χ1v) is 6.35. The van der Waals surface area contributed by atoms with Gasteiger partial charge in [-0.05, 0) is 5.56 Å². The molecule has 1 rings (SSSR count). The van der Waals surface area contributed by atoms with Gasteiger partial charge in [-0.2, -0.15) is 0 Å². The van der Waals surface area contributed by atoms with Crippen molar-refractivity contribution in [2.75, 3.05) is 6.54 Å². The molecule has 0 aromatic heterocycles. The fourth-order valence-corrected chi connectivity index (χ4v) is 1.72. The maximum absolute atomic E-state index is 11.8. The second-order valence-electron chi connectivity index (χ2n) is 5.67. The molecule has 0 saturated carbocycles. The number of carbonyl (C=O) groups is 2. The van der Waals surface area contributed by atoms with E-state index in [4.69, 9.17) is 5.11 Å². The molecule has 0 unspecified atom stereocenters. The highest BCUT2D eigenvalue weighted by Gasteiger charge is 2.23. The van der Waals surface area contributed by atoms with Gasteiger partial charge in [-0.1, -0.05) is 51.1 Å². The molecule has 0 fully saturated rings. The van der Waals surface area contributed by atoms with Crippen molar-refractivity contribution in [3.05, 3.63) is 35.9 Å². The van der Waals surface area contributed by atoms with Gasteiger partial charge in [0.1, 0.15) is 0 Å². The van der Waals surface area contributed by atoms with Crippen LogP contribution in [0.2, 0.25) is 0 Å². The van der Waals surface area contributed by atoms with Crippen LogP contribution in [0.4, 0.5) is 0 Å². The summed E-state index contributed by atoms with van der Waals surface area (Å²) in [6, 6.07) is 9.40. The van der Waals surface area contributed by atoms with Crippen LogP contribution in [0.15, 0.2) is 30.3 Å². The molecule has 4 nitrogen and oxygen atoms in total. The number of amides is 1. The van der Waals surface area contributed by atoms with E-state index in [1.807, 2.05) is 51.1 Å². The summed E-state index contributed by atoms with van der Waals surface area (Å²) in [5.41, 5.74) is 0.462. The fourth-order valence-electron chi connectivity index (χ4n) is 1.72. The van der Waals surface area contributed by atoms with E-state index in [9.17, 15) is 9.59 Å². The number of hydrogen-bond acceptors (Lipinski definition) is 2. The zero-order valence-corrected chi connectivity index (χ0v) is 11.6. The van der Waals surface area contributed by atoms with Crippen LogP contribution in [0.1, 0.15) is 38.7 Å². The Morgan fingerprint density at radius 1 is 1.21 bits per heavy atom. The van der Waals surface area contributed by atoms with Crippen LogP contribution in [0.5, 0.6) is 0 Å². The van der Waals surface area contributed by atoms with Crippen LogP contribution in [0, 0.1) is 5.41 Å². The van der Waals surface area contributed by atoms with Crippen molar-refractivity contribution in [2.45, 2.75) is 33.1 Å². The predicted octanol–water partition coefficient (Wildman–Crippen LogP) is 2.41. The maximum atomic E-state index is 11.8. The molecule has 0 aliphatic rings. The van der Waals surface area contributed by atoms with Crippen LogP contribution in [-0.2, 0) is 9.59 Å². The zero-order chi connectivity index (χ0) is 14.5. The van der Waals surface area contributed by atoms with Crippen LogP contribution in [-0.4, -0.2) is 23.5 Å². The normalized spacial score (nSPS) is 12.8. The summed E-state index contributed by atoms with van der Waals surface area (Å²) in [5.74, 6) is -1.14. The van der Waals surface area contributed by atoms with Gasteiger partial charge in [-0.25, -0.2) is 0 Å². The minimum atomic E-state index is -0.862. The Morgan fingerprint density at radius 2 is 1.79 bits per heavy atom. The predicted molar refractivity (Wildman–Crippen MR) is 73.9 cm³/mol. The number of carboxylic acid groups (broad SMARTS) is 1. The van der Waals surface area contributed by atoms with Gasteiger partial charge in [0.05, 0.1) is 6.42 Å². The molecule has 1 atom stereocenters. The molecule has 2 N–H and O–H groups in total. The summed E-state index contributed by atoms with van der Waals surface area (Å²) in [7, 11) is 0. The van der Waals surface area contributed by atoms with E-state index >= 15 is 0 Å². The molecule has 1 aromatic rings. The van der Waals surface area contributed by atoms with Crippen molar-refractivity contribution in [3.8, 4) is 0 Å². The SMILES string of the molecule is CC(C)(C)C(=O)NC[C@H](CC(=O)O)c1ccccc1. The lowest BCUT2D eigenvalue weighted by atomic mass is 9.93. The molecule has 0 spiro atoms. The number of carboxylic acids is 1. The summed E-state index contributed by atoms with van der Waals surface area (Å²) in [4.78, 5) is 22.7. The van der Waals surface area contributed by atoms with Crippen molar-refractivity contribution in [3.63, 3.8) is 0 Å². The average Bonchev–Trinajstić information content (AvgIpc) is 2.33. The van der Waals surface area contributed by atoms with Crippen LogP contribution in [0.25, 0.3) is 0 Å². The van der Waals surface area contributed by atoms with E-state index in [1.165, 1.54) is 0 Å². The molecule has 0 aliphatic carbocycles. The van der Waals surface area contributed by atoms with Gasteiger partial charge in [0, 0.05) is 17.9 Å². The third kappa shape index (κ3) is 5.12. The Balaban J connectivity index is 2.72. The molecule has 0 heterocycles. The van der Waals surface area contributed by atoms with Gasteiger partial charge in [0.15, 0.2) is 0 Å². The molecular formula is C15H21NO3. The first kappa shape index (κ1) is 15.2. The number of carbonyl (C=O) groups excluding carboxylic acids is 1. The summed E-state index contributed by atoms with van der Waals surface area (Å²) in [6.07, 6.45) is 0.00837. The Morgan fingerprint density at radius 3 is 2.26 bits per heavy atom. The van der Waals surface area contributed by atoms with Gasteiger partial charge in [0.25, 0.3) is 0 Å². The largest absolute Gasteiger partial charge is 0.481 e. The number of hydrogen-bond donors (Lipinski definition) is 2. The summed E-state index contributed by atoms with van der Waals surface area (Å²) in [5, 5.41) is 11.8. The third-order valence-corrected chi connectivity index (χ3v) is 2.88. The van der Waals surface area contributed by atoms with E-state index in [2.05, 4.69) is 5.32 Å². The van der Waals surface area contributed by atoms with E-state index < -0.39 is 11.4 Å². The molecule has 4 heteroatoms. The van der Waals surface area contributed by atoms with E-state index in [1.54, 1.807) is 0 Å². The molecule has 0 bridgehead atoms. The lowest BCUT2D eigenvalue weighted by Crippen LogP contribution is -2.37. The number of nitrogens with one attached hydrogen (secondary N) is 1. The second kappa shape index (κ2) is 6.36. The van der Waals surface area contributed by atoms with E-state index in [0.717, 1.165) is 5.56 Å². The molecule has 0 saturated heterocycles. The van der Waals surface area contributed by atoms with Crippen molar-refractivity contribution in [1.29, 1.82) is 0 Å². The van der Waals surface area contributed by atoms with Crippen molar-refractivity contribution < 1.29 is 14.7 Å². The van der Waals surface area contributed by atoms with Gasteiger partial charge in [-0.3, -0.25) is 9.59 Å². The Kier molecular flexibility index (Phi) is 5.10. The van der Waals surface area contributed by atoms with E-state index in [0.29, 0.717) is 6.54 Å². The quantitative estimate of drug-likeness (QED) is 0.857. The van der Waals surface area contributed by atoms with Gasteiger partial charge in [0.2, 0.25) is 5.91 Å². The first-order chi connectivity index (χ1) is 8.80. The smallest absolute Gasteiger partial charge is 0.304 e. The topological polar surface area (TPSA) is 66.4 Å². The molecule has 19 heavy (non-hydrogen) atoms. The van der Waals surface area contributed by atoms with Gasteiger partial charge in [-0.15, -0.1) is 0 Å². The Hall–Kier alpha value is -1.84. The zero-order valence-electron chi connectivity index (χ0n) is 11.6. The van der Waals surface area contributed by atoms with Crippen molar-refractivity contribution in [1.82, 2.24) is 5.32 Å². The van der Waals surface area contributed by atoms with Crippen molar-refractivity contribution >= 4 is 11.9 Å². The van der Waals surface area contributed by atoms with Crippen LogP contribution < -0.4 is 5.32 Å². The standard InChI is InChI=1S/C15H21NO3/c1-15(2,3)14(19)16-10-12(9-13(17)18)11-7-5-4-6-8-11/h4-8,12H,9-10H2,1-3H3,(H,16,19)(H,17,18)/t12-/m0/s1. The highest BCUT2D eigenvalue weighted by Crippen LogP contribution is 2.20. The molecule has 104 valence electrons. The molecule has 1 aromatic carbocycles. The summed E-state index contributed by atoms with van der Waals surface area (Å²) >= 11 is 0. The Labute approximate surface area is 113 Å². The molecule has 1 amide bonds. The minimum Gasteiger partial charge on any atom is -0.481 e. The average molecular weight is 263 g/mol. The Bertz CT molecular complexity index is 434. The third-order valence-electron chi connectivity index (χ3n) is 2.88. The lowest BCUT2D eigenvalue weighted by Gasteiger charge is -2.21. The number of benzene rings is 1. The summed E-state index contributed by atoms with van der Waals surface area (Å²) in [6.45, 7) is 5.83.